The highest BCUT2D eigenvalue weighted by molar-refractivity contribution is 5.99. The molecule has 7 nitrogen and oxygen atoms in total. The van der Waals surface area contributed by atoms with Crippen molar-refractivity contribution in [2.24, 2.45) is 5.92 Å². The summed E-state index contributed by atoms with van der Waals surface area (Å²) in [6, 6.07) is 0.891. The van der Waals surface area contributed by atoms with Crippen molar-refractivity contribution >= 4 is 23.3 Å². The minimum absolute atomic E-state index is 0.300. The van der Waals surface area contributed by atoms with Crippen LogP contribution >= 0.6 is 0 Å². The number of anilines is 1. The number of carboxylic acids is 1. The van der Waals surface area contributed by atoms with Crippen LogP contribution in [0.4, 0.5) is 20.2 Å². The van der Waals surface area contributed by atoms with Gasteiger partial charge in [-0.3, -0.25) is 19.7 Å². The number of nitro benzene ring substituents is 1. The molecule has 1 saturated heterocycles. The molecule has 1 amide bonds. The van der Waals surface area contributed by atoms with Gasteiger partial charge < -0.3 is 10.0 Å². The standard InChI is InChI=1S/C11H8F2N2O5/c12-6-2-7(13)9(15(19)20)3-8(6)14-4-5(11(17)18)1-10(14)16/h2-3,5H,1,4H2,(H,17,18). The smallest absolute Gasteiger partial charge is 0.308 e. The third-order valence-corrected chi connectivity index (χ3v) is 2.98. The molecule has 9 heteroatoms. The Morgan fingerprint density at radius 2 is 2.05 bits per heavy atom. The Morgan fingerprint density at radius 3 is 2.55 bits per heavy atom. The summed E-state index contributed by atoms with van der Waals surface area (Å²) in [6.45, 7) is -0.312. The first-order chi connectivity index (χ1) is 9.31. The van der Waals surface area contributed by atoms with Crippen LogP contribution in [0.3, 0.4) is 0 Å². The van der Waals surface area contributed by atoms with Gasteiger partial charge in [-0.2, -0.15) is 4.39 Å². The molecule has 0 aromatic heterocycles. The van der Waals surface area contributed by atoms with Crippen LogP contribution in [0.1, 0.15) is 6.42 Å². The molecule has 20 heavy (non-hydrogen) atoms. The normalized spacial score (nSPS) is 18.4. The van der Waals surface area contributed by atoms with Crippen LogP contribution in [-0.4, -0.2) is 28.5 Å². The fourth-order valence-electron chi connectivity index (χ4n) is 1.98. The highest BCUT2D eigenvalue weighted by Gasteiger charge is 2.37. The molecule has 106 valence electrons. The number of carbonyl (C=O) groups excluding carboxylic acids is 1. The van der Waals surface area contributed by atoms with Crippen molar-refractivity contribution in [3.63, 3.8) is 0 Å². The number of carboxylic acid groups (broad SMARTS) is 1. The van der Waals surface area contributed by atoms with E-state index in [2.05, 4.69) is 0 Å². The molecule has 1 fully saturated rings. The molecule has 1 N–H and O–H groups in total. The number of hydrogen-bond donors (Lipinski definition) is 1. The highest BCUT2D eigenvalue weighted by Crippen LogP contribution is 2.32. The molecule has 1 aliphatic heterocycles. The Hall–Kier alpha value is -2.58. The molecule has 0 spiro atoms. The van der Waals surface area contributed by atoms with Gasteiger partial charge in [0.25, 0.3) is 0 Å². The number of nitro groups is 1. The van der Waals surface area contributed by atoms with Crippen molar-refractivity contribution in [2.75, 3.05) is 11.4 Å². The summed E-state index contributed by atoms with van der Waals surface area (Å²) < 4.78 is 26.8. The number of halogens is 2. The lowest BCUT2D eigenvalue weighted by atomic mass is 10.1. The molecule has 0 radical (unpaired) electrons. The Morgan fingerprint density at radius 1 is 1.40 bits per heavy atom. The number of amides is 1. The first-order valence-electron chi connectivity index (χ1n) is 5.48. The van der Waals surface area contributed by atoms with Crippen molar-refractivity contribution in [3.05, 3.63) is 33.9 Å². The lowest BCUT2D eigenvalue weighted by molar-refractivity contribution is -0.387. The van der Waals surface area contributed by atoms with Crippen LogP contribution in [-0.2, 0) is 9.59 Å². The Labute approximate surface area is 110 Å². The molecule has 1 aromatic rings. The lowest BCUT2D eigenvalue weighted by Crippen LogP contribution is -2.27. The van der Waals surface area contributed by atoms with Gasteiger partial charge in [-0.05, 0) is 0 Å². The first kappa shape index (κ1) is 13.8. The number of hydrogen-bond acceptors (Lipinski definition) is 4. The van der Waals surface area contributed by atoms with E-state index in [1.165, 1.54) is 0 Å². The monoisotopic (exact) mass is 286 g/mol. The average molecular weight is 286 g/mol. The molecule has 1 unspecified atom stereocenters. The second kappa shape index (κ2) is 4.83. The molecule has 1 atom stereocenters. The summed E-state index contributed by atoms with van der Waals surface area (Å²) in [5.74, 6) is -5.45. The van der Waals surface area contributed by atoms with Gasteiger partial charge in [-0.15, -0.1) is 0 Å². The van der Waals surface area contributed by atoms with Crippen LogP contribution in [0.15, 0.2) is 12.1 Å². The van der Waals surface area contributed by atoms with Gasteiger partial charge in [-0.25, -0.2) is 4.39 Å². The van der Waals surface area contributed by atoms with Crippen LogP contribution in [0, 0.1) is 27.7 Å². The average Bonchev–Trinajstić information content (AvgIpc) is 2.71. The third kappa shape index (κ3) is 2.29. The number of benzene rings is 1. The van der Waals surface area contributed by atoms with E-state index in [9.17, 15) is 28.5 Å². The molecule has 1 aromatic carbocycles. The fraction of sp³-hybridized carbons (Fsp3) is 0.273. The summed E-state index contributed by atoms with van der Waals surface area (Å²) in [5.41, 5.74) is -1.47. The zero-order valence-corrected chi connectivity index (χ0v) is 9.88. The fourth-order valence-corrected chi connectivity index (χ4v) is 1.98. The number of aliphatic carboxylic acids is 1. The summed E-state index contributed by atoms with van der Waals surface area (Å²) in [6.07, 6.45) is -0.333. The van der Waals surface area contributed by atoms with Crippen LogP contribution in [0.25, 0.3) is 0 Å². The molecular weight excluding hydrogens is 278 g/mol. The van der Waals surface area contributed by atoms with E-state index in [0.717, 1.165) is 4.90 Å². The van der Waals surface area contributed by atoms with Gasteiger partial charge in [0, 0.05) is 25.1 Å². The molecule has 1 heterocycles. The Balaban J connectivity index is 2.43. The second-order valence-corrected chi connectivity index (χ2v) is 4.26. The topological polar surface area (TPSA) is 101 Å². The maximum Gasteiger partial charge on any atom is 0.308 e. The Bertz CT molecular complexity index is 619. The molecule has 0 aliphatic carbocycles. The quantitative estimate of drug-likeness (QED) is 0.667. The Kier molecular flexibility index (Phi) is 3.35. The van der Waals surface area contributed by atoms with E-state index >= 15 is 0 Å². The summed E-state index contributed by atoms with van der Waals surface area (Å²) in [5, 5.41) is 19.4. The minimum Gasteiger partial charge on any atom is -0.481 e. The molecule has 0 saturated carbocycles. The number of rotatable bonds is 3. The molecule has 2 rings (SSSR count). The minimum atomic E-state index is -1.36. The van der Waals surface area contributed by atoms with Gasteiger partial charge in [0.2, 0.25) is 11.7 Å². The summed E-state index contributed by atoms with van der Waals surface area (Å²) in [7, 11) is 0. The van der Waals surface area contributed by atoms with E-state index < -0.39 is 45.7 Å². The maximum atomic E-state index is 13.6. The predicted molar refractivity (Wildman–Crippen MR) is 61.1 cm³/mol. The van der Waals surface area contributed by atoms with Gasteiger partial charge in [0.1, 0.15) is 5.82 Å². The van der Waals surface area contributed by atoms with Crippen molar-refractivity contribution in [3.8, 4) is 0 Å². The number of carbonyl (C=O) groups is 2. The van der Waals surface area contributed by atoms with Crippen molar-refractivity contribution in [1.29, 1.82) is 0 Å². The molecular formula is C11H8F2N2O5. The zero-order chi connectivity index (χ0) is 15.0. The summed E-state index contributed by atoms with van der Waals surface area (Å²) in [4.78, 5) is 32.8. The van der Waals surface area contributed by atoms with Crippen LogP contribution in [0.5, 0.6) is 0 Å². The van der Waals surface area contributed by atoms with Crippen molar-refractivity contribution < 1.29 is 28.4 Å². The van der Waals surface area contributed by atoms with Crippen molar-refractivity contribution in [1.82, 2.24) is 0 Å². The van der Waals surface area contributed by atoms with Crippen LogP contribution in [0.2, 0.25) is 0 Å². The van der Waals surface area contributed by atoms with E-state index in [1.54, 1.807) is 0 Å². The zero-order valence-electron chi connectivity index (χ0n) is 9.88. The first-order valence-corrected chi connectivity index (χ1v) is 5.48. The van der Waals surface area contributed by atoms with Crippen molar-refractivity contribution in [2.45, 2.75) is 6.42 Å². The van der Waals surface area contributed by atoms with Gasteiger partial charge >= 0.3 is 11.7 Å². The predicted octanol–water partition coefficient (Wildman–Crippen LogP) is 1.31. The molecule has 1 aliphatic rings. The van der Waals surface area contributed by atoms with Gasteiger partial charge in [-0.1, -0.05) is 0 Å². The van der Waals surface area contributed by atoms with Gasteiger partial charge in [0.15, 0.2) is 0 Å². The van der Waals surface area contributed by atoms with E-state index in [0.29, 0.717) is 12.1 Å². The van der Waals surface area contributed by atoms with E-state index in [-0.39, 0.29) is 13.0 Å². The van der Waals surface area contributed by atoms with E-state index in [4.69, 9.17) is 5.11 Å². The highest BCUT2D eigenvalue weighted by atomic mass is 19.1. The summed E-state index contributed by atoms with van der Waals surface area (Å²) >= 11 is 0. The second-order valence-electron chi connectivity index (χ2n) is 4.26. The van der Waals surface area contributed by atoms with E-state index in [1.807, 2.05) is 0 Å². The lowest BCUT2D eigenvalue weighted by Gasteiger charge is -2.16. The maximum absolute atomic E-state index is 13.6. The largest absolute Gasteiger partial charge is 0.481 e. The molecule has 0 bridgehead atoms. The van der Waals surface area contributed by atoms with Crippen LogP contribution < -0.4 is 4.90 Å². The number of nitrogens with zero attached hydrogens (tertiary/aromatic N) is 2. The SMILES string of the molecule is O=C(O)C1CC(=O)N(c2cc([N+](=O)[O-])c(F)cc2F)C1. The van der Waals surface area contributed by atoms with Gasteiger partial charge in [0.05, 0.1) is 16.5 Å². The third-order valence-electron chi connectivity index (χ3n) is 2.98.